The number of aromatic nitrogens is 1. The first kappa shape index (κ1) is 13.6. The Morgan fingerprint density at radius 1 is 1.00 bits per heavy atom. The number of aryl methyl sites for hydroxylation is 2. The number of benzene rings is 2. The minimum atomic E-state index is -0.173. The third-order valence-electron chi connectivity index (χ3n) is 3.85. The molecule has 106 valence electrons. The first-order valence-corrected chi connectivity index (χ1v) is 6.94. The Bertz CT molecular complexity index is 878. The molecule has 1 N–H and O–H groups in total. The smallest absolute Gasteiger partial charge is 0.263 e. The Labute approximate surface area is 123 Å². The van der Waals surface area contributed by atoms with Gasteiger partial charge in [0.15, 0.2) is 0 Å². The second kappa shape index (κ2) is 5.19. The van der Waals surface area contributed by atoms with Gasteiger partial charge in [0.1, 0.15) is 0 Å². The molecule has 3 nitrogen and oxygen atoms in total. The molecule has 3 rings (SSSR count). The Hall–Kier alpha value is -2.39. The van der Waals surface area contributed by atoms with Gasteiger partial charge >= 0.3 is 0 Å². The zero-order valence-electron chi connectivity index (χ0n) is 12.1. The molecule has 0 amide bonds. The van der Waals surface area contributed by atoms with Crippen LogP contribution < -0.4 is 5.56 Å². The van der Waals surface area contributed by atoms with Crippen LogP contribution in [0.3, 0.4) is 0 Å². The Kier molecular flexibility index (Phi) is 3.35. The molecule has 0 unspecified atom stereocenters. The standard InChI is InChI=1S/C18H17NO2/c1-12-6-3-4-9-16(12)19-15(11-20)10-14-8-5-7-13(2)17(14)18(19)21/h3-10,20H,11H2,1-2H3. The summed E-state index contributed by atoms with van der Waals surface area (Å²) >= 11 is 0. The summed E-state index contributed by atoms with van der Waals surface area (Å²) in [7, 11) is 0. The van der Waals surface area contributed by atoms with Gasteiger partial charge in [0.25, 0.3) is 5.56 Å². The summed E-state index contributed by atoms with van der Waals surface area (Å²) in [6.45, 7) is 3.73. The largest absolute Gasteiger partial charge is 0.390 e. The number of pyridine rings is 1. The van der Waals surface area contributed by atoms with Crippen molar-refractivity contribution in [3.63, 3.8) is 0 Å². The van der Waals surface area contributed by atoms with Gasteiger partial charge in [0.05, 0.1) is 23.4 Å². The lowest BCUT2D eigenvalue weighted by Crippen LogP contribution is -2.23. The zero-order chi connectivity index (χ0) is 15.0. The first-order chi connectivity index (χ1) is 10.1. The van der Waals surface area contributed by atoms with Crippen molar-refractivity contribution < 1.29 is 5.11 Å². The summed E-state index contributed by atoms with van der Waals surface area (Å²) in [5.41, 5.74) is 3.29. The van der Waals surface area contributed by atoms with Crippen molar-refractivity contribution >= 4 is 10.8 Å². The molecule has 0 bridgehead atoms. The van der Waals surface area contributed by atoms with Crippen LogP contribution in [0.1, 0.15) is 16.8 Å². The summed E-state index contributed by atoms with van der Waals surface area (Å²) in [6.07, 6.45) is 0. The fraction of sp³-hybridized carbons (Fsp3) is 0.167. The number of fused-ring (bicyclic) bond motifs is 1. The predicted octanol–water partition coefficient (Wildman–Crippen LogP) is 3.10. The van der Waals surface area contributed by atoms with Gasteiger partial charge in [0, 0.05) is 0 Å². The first-order valence-electron chi connectivity index (χ1n) is 6.94. The average Bonchev–Trinajstić information content (AvgIpc) is 2.48. The highest BCUT2D eigenvalue weighted by Gasteiger charge is 2.13. The van der Waals surface area contributed by atoms with Gasteiger partial charge in [-0.05, 0) is 42.5 Å². The maximum absolute atomic E-state index is 12.9. The molecule has 0 fully saturated rings. The number of nitrogens with zero attached hydrogens (tertiary/aromatic N) is 1. The van der Waals surface area contributed by atoms with E-state index < -0.39 is 0 Å². The lowest BCUT2D eigenvalue weighted by atomic mass is 10.1. The fourth-order valence-corrected chi connectivity index (χ4v) is 2.78. The molecular weight excluding hydrogens is 262 g/mol. The number of para-hydroxylation sites is 1. The number of aliphatic hydroxyl groups excluding tert-OH is 1. The van der Waals surface area contributed by atoms with Crippen LogP contribution >= 0.6 is 0 Å². The van der Waals surface area contributed by atoms with Crippen molar-refractivity contribution in [3.05, 3.63) is 75.7 Å². The molecule has 2 aromatic carbocycles. The van der Waals surface area contributed by atoms with E-state index in [2.05, 4.69) is 0 Å². The van der Waals surface area contributed by atoms with Crippen molar-refractivity contribution in [1.29, 1.82) is 0 Å². The number of hydrogen-bond acceptors (Lipinski definition) is 2. The summed E-state index contributed by atoms with van der Waals surface area (Å²) in [4.78, 5) is 12.9. The van der Waals surface area contributed by atoms with Crippen molar-refractivity contribution in [2.45, 2.75) is 20.5 Å². The molecule has 21 heavy (non-hydrogen) atoms. The van der Waals surface area contributed by atoms with E-state index in [0.29, 0.717) is 11.1 Å². The van der Waals surface area contributed by atoms with Crippen molar-refractivity contribution in [3.8, 4) is 5.69 Å². The van der Waals surface area contributed by atoms with E-state index in [-0.39, 0.29) is 12.2 Å². The number of hydrogen-bond donors (Lipinski definition) is 1. The van der Waals surface area contributed by atoms with E-state index in [1.165, 1.54) is 0 Å². The summed E-state index contributed by atoms with van der Waals surface area (Å²) in [6, 6.07) is 15.4. The van der Waals surface area contributed by atoms with E-state index in [1.807, 2.05) is 62.4 Å². The second-order valence-electron chi connectivity index (χ2n) is 5.26. The minimum Gasteiger partial charge on any atom is -0.390 e. The molecule has 0 saturated carbocycles. The van der Waals surface area contributed by atoms with E-state index in [1.54, 1.807) is 4.57 Å². The lowest BCUT2D eigenvalue weighted by molar-refractivity contribution is 0.273. The summed E-state index contributed by atoms with van der Waals surface area (Å²) in [5.74, 6) is 0. The highest BCUT2D eigenvalue weighted by molar-refractivity contribution is 5.85. The highest BCUT2D eigenvalue weighted by Crippen LogP contribution is 2.20. The van der Waals surface area contributed by atoms with Gasteiger partial charge in [-0.2, -0.15) is 0 Å². The molecule has 1 aromatic heterocycles. The predicted molar refractivity (Wildman–Crippen MR) is 84.9 cm³/mol. The third-order valence-corrected chi connectivity index (χ3v) is 3.85. The van der Waals surface area contributed by atoms with Crippen LogP contribution in [0.25, 0.3) is 16.5 Å². The Morgan fingerprint density at radius 2 is 1.71 bits per heavy atom. The van der Waals surface area contributed by atoms with Crippen LogP contribution in [0.2, 0.25) is 0 Å². The van der Waals surface area contributed by atoms with Crippen LogP contribution in [-0.4, -0.2) is 9.67 Å². The maximum atomic E-state index is 12.9. The van der Waals surface area contributed by atoms with Gasteiger partial charge in [-0.25, -0.2) is 0 Å². The Morgan fingerprint density at radius 3 is 2.43 bits per heavy atom. The van der Waals surface area contributed by atoms with Crippen LogP contribution in [-0.2, 0) is 6.61 Å². The minimum absolute atomic E-state index is 0.0797. The van der Waals surface area contributed by atoms with Gasteiger partial charge < -0.3 is 5.11 Å². The second-order valence-corrected chi connectivity index (χ2v) is 5.26. The van der Waals surface area contributed by atoms with Crippen LogP contribution in [0.5, 0.6) is 0 Å². The van der Waals surface area contributed by atoms with E-state index in [0.717, 1.165) is 22.2 Å². The van der Waals surface area contributed by atoms with Crippen LogP contribution in [0.15, 0.2) is 53.3 Å². The van der Waals surface area contributed by atoms with Crippen LogP contribution in [0.4, 0.5) is 0 Å². The molecule has 0 saturated heterocycles. The molecule has 0 aliphatic carbocycles. The zero-order valence-corrected chi connectivity index (χ0v) is 12.1. The number of aliphatic hydroxyl groups is 1. The average molecular weight is 279 g/mol. The van der Waals surface area contributed by atoms with Crippen LogP contribution in [0, 0.1) is 13.8 Å². The van der Waals surface area contributed by atoms with E-state index >= 15 is 0 Å². The van der Waals surface area contributed by atoms with Crippen molar-refractivity contribution in [1.82, 2.24) is 4.57 Å². The summed E-state index contributed by atoms with van der Waals surface area (Å²) < 4.78 is 1.62. The quantitative estimate of drug-likeness (QED) is 0.783. The molecule has 0 atom stereocenters. The van der Waals surface area contributed by atoms with Gasteiger partial charge in [-0.15, -0.1) is 0 Å². The maximum Gasteiger partial charge on any atom is 0.263 e. The fourth-order valence-electron chi connectivity index (χ4n) is 2.78. The van der Waals surface area contributed by atoms with Gasteiger partial charge in [-0.1, -0.05) is 36.4 Å². The molecule has 3 heteroatoms. The van der Waals surface area contributed by atoms with Crippen molar-refractivity contribution in [2.75, 3.05) is 0 Å². The van der Waals surface area contributed by atoms with Crippen molar-refractivity contribution in [2.24, 2.45) is 0 Å². The Balaban J connectivity index is 2.48. The SMILES string of the molecule is Cc1ccccc1-n1c(CO)cc2cccc(C)c2c1=O. The molecule has 1 heterocycles. The highest BCUT2D eigenvalue weighted by atomic mass is 16.3. The lowest BCUT2D eigenvalue weighted by Gasteiger charge is -2.15. The molecule has 0 spiro atoms. The van der Waals surface area contributed by atoms with E-state index in [9.17, 15) is 9.90 Å². The van der Waals surface area contributed by atoms with E-state index in [4.69, 9.17) is 0 Å². The number of rotatable bonds is 2. The third kappa shape index (κ3) is 2.16. The molecule has 0 radical (unpaired) electrons. The molecule has 0 aliphatic heterocycles. The normalized spacial score (nSPS) is 11.0. The topological polar surface area (TPSA) is 42.2 Å². The molecule has 0 aliphatic rings. The van der Waals surface area contributed by atoms with Gasteiger partial charge in [-0.3, -0.25) is 9.36 Å². The molecule has 3 aromatic rings. The summed E-state index contributed by atoms with van der Waals surface area (Å²) in [5, 5.41) is 11.2. The molecular formula is C18H17NO2. The monoisotopic (exact) mass is 279 g/mol. The van der Waals surface area contributed by atoms with Gasteiger partial charge in [0.2, 0.25) is 0 Å².